The molecule has 1 saturated heterocycles. The molecule has 1 aromatic rings. The van der Waals surface area contributed by atoms with E-state index in [9.17, 15) is 14.0 Å². The zero-order chi connectivity index (χ0) is 15.9. The summed E-state index contributed by atoms with van der Waals surface area (Å²) in [7, 11) is 0. The number of benzene rings is 1. The van der Waals surface area contributed by atoms with Crippen LogP contribution in [0.15, 0.2) is 24.3 Å². The van der Waals surface area contributed by atoms with Gasteiger partial charge in [-0.2, -0.15) is 0 Å². The van der Waals surface area contributed by atoms with Crippen LogP contribution in [0.5, 0.6) is 0 Å². The van der Waals surface area contributed by atoms with Gasteiger partial charge in [-0.05, 0) is 37.0 Å². The summed E-state index contributed by atoms with van der Waals surface area (Å²) < 4.78 is 13.1. The van der Waals surface area contributed by atoms with E-state index in [1.165, 1.54) is 12.1 Å². The molecular formula is C16H22FN3O2. The van der Waals surface area contributed by atoms with Crippen molar-refractivity contribution in [3.8, 4) is 0 Å². The first kappa shape index (κ1) is 16.4. The van der Waals surface area contributed by atoms with Gasteiger partial charge in [0.15, 0.2) is 0 Å². The van der Waals surface area contributed by atoms with Crippen LogP contribution in [0.3, 0.4) is 0 Å². The lowest BCUT2D eigenvalue weighted by Crippen LogP contribution is -2.50. The van der Waals surface area contributed by atoms with Crippen molar-refractivity contribution in [3.05, 3.63) is 35.6 Å². The summed E-state index contributed by atoms with van der Waals surface area (Å²) in [5.74, 6) is -0.775. The minimum absolute atomic E-state index is 0.0371. The number of piperidine rings is 1. The molecule has 1 aromatic carbocycles. The minimum Gasteiger partial charge on any atom is -0.347 e. The smallest absolute Gasteiger partial charge is 0.242 e. The molecule has 1 aliphatic heterocycles. The third-order valence-corrected chi connectivity index (χ3v) is 3.91. The van der Waals surface area contributed by atoms with Crippen molar-refractivity contribution in [2.24, 2.45) is 5.73 Å². The van der Waals surface area contributed by atoms with E-state index in [-0.39, 0.29) is 36.6 Å². The van der Waals surface area contributed by atoms with Gasteiger partial charge in [0.25, 0.3) is 0 Å². The van der Waals surface area contributed by atoms with E-state index in [2.05, 4.69) is 5.32 Å². The maximum absolute atomic E-state index is 13.1. The van der Waals surface area contributed by atoms with Crippen LogP contribution in [-0.4, -0.2) is 42.4 Å². The molecular weight excluding hydrogens is 285 g/mol. The molecule has 22 heavy (non-hydrogen) atoms. The first-order valence-corrected chi connectivity index (χ1v) is 7.61. The first-order valence-electron chi connectivity index (χ1n) is 7.61. The van der Waals surface area contributed by atoms with Crippen molar-refractivity contribution in [2.75, 3.05) is 19.6 Å². The molecule has 0 bridgehead atoms. The molecule has 3 N–H and O–H groups in total. The van der Waals surface area contributed by atoms with Crippen molar-refractivity contribution >= 4 is 11.8 Å². The molecule has 120 valence electrons. The Balaban J connectivity index is 1.81. The number of carbonyl (C=O) groups is 2. The Hall–Kier alpha value is -1.95. The highest BCUT2D eigenvalue weighted by Crippen LogP contribution is 2.15. The normalized spacial score (nSPS) is 18.1. The van der Waals surface area contributed by atoms with Gasteiger partial charge in [-0.3, -0.25) is 9.59 Å². The van der Waals surface area contributed by atoms with Gasteiger partial charge in [-0.15, -0.1) is 0 Å². The highest BCUT2D eigenvalue weighted by molar-refractivity contribution is 5.86. The SMILES string of the molecule is NCC1CCCCN1C(=O)CNC(=O)Cc1cccc(F)c1. The predicted octanol–water partition coefficient (Wildman–Crippen LogP) is 0.824. The van der Waals surface area contributed by atoms with Gasteiger partial charge in [0.2, 0.25) is 11.8 Å². The summed E-state index contributed by atoms with van der Waals surface area (Å²) in [4.78, 5) is 25.8. The highest BCUT2D eigenvalue weighted by Gasteiger charge is 2.25. The molecule has 5 nitrogen and oxygen atoms in total. The number of halogens is 1. The van der Waals surface area contributed by atoms with Gasteiger partial charge in [0.1, 0.15) is 5.82 Å². The molecule has 0 radical (unpaired) electrons. The quantitative estimate of drug-likeness (QED) is 0.846. The minimum atomic E-state index is -0.375. The fourth-order valence-corrected chi connectivity index (χ4v) is 2.74. The molecule has 0 aliphatic carbocycles. The number of amides is 2. The van der Waals surface area contributed by atoms with Gasteiger partial charge in [0, 0.05) is 19.1 Å². The summed E-state index contributed by atoms with van der Waals surface area (Å²) in [5.41, 5.74) is 6.27. The molecule has 1 heterocycles. The Morgan fingerprint density at radius 2 is 2.18 bits per heavy atom. The first-order chi connectivity index (χ1) is 10.6. The van der Waals surface area contributed by atoms with Crippen LogP contribution in [0, 0.1) is 5.82 Å². The van der Waals surface area contributed by atoms with E-state index in [1.807, 2.05) is 0 Å². The maximum Gasteiger partial charge on any atom is 0.242 e. The molecule has 0 aromatic heterocycles. The summed E-state index contributed by atoms with van der Waals surface area (Å²) in [6, 6.07) is 5.95. The fraction of sp³-hybridized carbons (Fsp3) is 0.500. The third-order valence-electron chi connectivity index (χ3n) is 3.91. The van der Waals surface area contributed by atoms with E-state index in [0.29, 0.717) is 18.7 Å². The lowest BCUT2D eigenvalue weighted by atomic mass is 10.0. The number of carbonyl (C=O) groups excluding carboxylic acids is 2. The third kappa shape index (κ3) is 4.53. The number of hydrogen-bond donors (Lipinski definition) is 2. The standard InChI is InChI=1S/C16H22FN3O2/c17-13-5-3-4-12(8-13)9-15(21)19-11-16(22)20-7-2-1-6-14(20)10-18/h3-5,8,14H,1-2,6-7,9-11,18H2,(H,19,21). The highest BCUT2D eigenvalue weighted by atomic mass is 19.1. The summed E-state index contributed by atoms with van der Waals surface area (Å²) in [5, 5.41) is 2.60. The van der Waals surface area contributed by atoms with Crippen LogP contribution in [0.1, 0.15) is 24.8 Å². The summed E-state index contributed by atoms with van der Waals surface area (Å²) in [6.07, 6.45) is 3.03. The van der Waals surface area contributed by atoms with Crippen LogP contribution in [-0.2, 0) is 16.0 Å². The zero-order valence-electron chi connectivity index (χ0n) is 12.6. The fourth-order valence-electron chi connectivity index (χ4n) is 2.74. The molecule has 1 unspecified atom stereocenters. The number of nitrogens with two attached hydrogens (primary N) is 1. The van der Waals surface area contributed by atoms with Crippen molar-refractivity contribution in [2.45, 2.75) is 31.7 Å². The van der Waals surface area contributed by atoms with E-state index < -0.39 is 0 Å². The van der Waals surface area contributed by atoms with Crippen LogP contribution in [0.25, 0.3) is 0 Å². The lowest BCUT2D eigenvalue weighted by Gasteiger charge is -2.35. The van der Waals surface area contributed by atoms with E-state index in [0.717, 1.165) is 19.3 Å². The van der Waals surface area contributed by atoms with Crippen molar-refractivity contribution < 1.29 is 14.0 Å². The zero-order valence-corrected chi connectivity index (χ0v) is 12.6. The summed E-state index contributed by atoms with van der Waals surface area (Å²) in [6.45, 7) is 1.11. The van der Waals surface area contributed by atoms with Crippen LogP contribution in [0.4, 0.5) is 4.39 Å². The van der Waals surface area contributed by atoms with Crippen LogP contribution in [0.2, 0.25) is 0 Å². The van der Waals surface area contributed by atoms with Gasteiger partial charge < -0.3 is 16.0 Å². The van der Waals surface area contributed by atoms with E-state index >= 15 is 0 Å². The molecule has 0 saturated carbocycles. The molecule has 6 heteroatoms. The second kappa shape index (κ2) is 7.89. The number of nitrogens with zero attached hydrogens (tertiary/aromatic N) is 1. The average Bonchev–Trinajstić information content (AvgIpc) is 2.52. The Morgan fingerprint density at radius 1 is 1.36 bits per heavy atom. The number of nitrogens with one attached hydrogen (secondary N) is 1. The van der Waals surface area contributed by atoms with E-state index in [1.54, 1.807) is 17.0 Å². The van der Waals surface area contributed by atoms with Crippen molar-refractivity contribution in [3.63, 3.8) is 0 Å². The molecule has 1 aliphatic rings. The van der Waals surface area contributed by atoms with Gasteiger partial charge in [-0.25, -0.2) is 4.39 Å². The monoisotopic (exact) mass is 307 g/mol. The van der Waals surface area contributed by atoms with Crippen molar-refractivity contribution in [1.82, 2.24) is 10.2 Å². The Bertz CT molecular complexity index is 536. The van der Waals surface area contributed by atoms with Gasteiger partial charge in [-0.1, -0.05) is 12.1 Å². The summed E-state index contributed by atoms with van der Waals surface area (Å²) >= 11 is 0. The largest absolute Gasteiger partial charge is 0.347 e. The number of likely N-dealkylation sites (tertiary alicyclic amines) is 1. The van der Waals surface area contributed by atoms with Crippen molar-refractivity contribution in [1.29, 1.82) is 0 Å². The predicted molar refractivity (Wildman–Crippen MR) is 81.5 cm³/mol. The molecule has 1 atom stereocenters. The number of rotatable bonds is 5. The Labute approximate surface area is 129 Å². The van der Waals surface area contributed by atoms with E-state index in [4.69, 9.17) is 5.73 Å². The van der Waals surface area contributed by atoms with Crippen LogP contribution < -0.4 is 11.1 Å². The topological polar surface area (TPSA) is 75.4 Å². The molecule has 2 rings (SSSR count). The Kier molecular flexibility index (Phi) is 5.89. The molecule has 0 spiro atoms. The maximum atomic E-state index is 13.1. The van der Waals surface area contributed by atoms with Gasteiger partial charge in [0.05, 0.1) is 13.0 Å². The molecule has 2 amide bonds. The molecule has 1 fully saturated rings. The van der Waals surface area contributed by atoms with Gasteiger partial charge >= 0.3 is 0 Å². The lowest BCUT2D eigenvalue weighted by molar-refractivity contribution is -0.135. The Morgan fingerprint density at radius 3 is 2.91 bits per heavy atom. The number of hydrogen-bond acceptors (Lipinski definition) is 3. The van der Waals surface area contributed by atoms with Crippen LogP contribution >= 0.6 is 0 Å². The average molecular weight is 307 g/mol. The second-order valence-corrected chi connectivity index (χ2v) is 5.56. The second-order valence-electron chi connectivity index (χ2n) is 5.56.